The molecular weight excluding hydrogens is 321 g/mol. The largest absolute Gasteiger partial charge is 0.321 e. The molecule has 0 aliphatic heterocycles. The van der Waals surface area contributed by atoms with Crippen LogP contribution in [-0.4, -0.2) is 15.7 Å². The Morgan fingerprint density at radius 3 is 2.60 bits per heavy atom. The van der Waals surface area contributed by atoms with Crippen LogP contribution in [0.5, 0.6) is 0 Å². The number of aryl methyl sites for hydroxylation is 2. The van der Waals surface area contributed by atoms with Gasteiger partial charge in [0.15, 0.2) is 0 Å². The predicted molar refractivity (Wildman–Crippen MR) is 82.1 cm³/mol. The standard InChI is InChI=1S/C13H12Cl3N3O/c1-3-19-12(11(16)7(2)18-19)13(20)17-8-4-5-9(14)10(15)6-8/h4-6H,3H2,1-2H3,(H,17,20). The van der Waals surface area contributed by atoms with Crippen molar-refractivity contribution in [2.75, 3.05) is 5.32 Å². The van der Waals surface area contributed by atoms with Crippen molar-refractivity contribution in [3.05, 3.63) is 44.7 Å². The number of nitrogens with zero attached hydrogens (tertiary/aromatic N) is 2. The first-order valence-corrected chi connectivity index (χ1v) is 7.06. The lowest BCUT2D eigenvalue weighted by molar-refractivity contribution is 0.101. The maximum atomic E-state index is 12.3. The Hall–Kier alpha value is -1.23. The minimum Gasteiger partial charge on any atom is -0.321 e. The number of nitrogens with one attached hydrogen (secondary N) is 1. The highest BCUT2D eigenvalue weighted by molar-refractivity contribution is 6.42. The number of carbonyl (C=O) groups is 1. The van der Waals surface area contributed by atoms with Crippen molar-refractivity contribution in [2.24, 2.45) is 0 Å². The molecule has 106 valence electrons. The third-order valence-corrected chi connectivity index (χ3v) is 3.94. The van der Waals surface area contributed by atoms with Gasteiger partial charge in [-0.1, -0.05) is 34.8 Å². The smallest absolute Gasteiger partial charge is 0.275 e. The average molecular weight is 333 g/mol. The molecule has 0 saturated heterocycles. The fourth-order valence-electron chi connectivity index (χ4n) is 1.77. The van der Waals surface area contributed by atoms with Crippen LogP contribution in [0, 0.1) is 6.92 Å². The molecule has 2 rings (SSSR count). The molecule has 2 aromatic rings. The molecule has 0 unspecified atom stereocenters. The zero-order chi connectivity index (χ0) is 14.9. The van der Waals surface area contributed by atoms with E-state index in [0.29, 0.717) is 38.7 Å². The molecule has 0 atom stereocenters. The highest BCUT2D eigenvalue weighted by atomic mass is 35.5. The Kier molecular flexibility index (Phi) is 4.58. The number of aromatic nitrogens is 2. The van der Waals surface area contributed by atoms with Gasteiger partial charge in [0.25, 0.3) is 5.91 Å². The van der Waals surface area contributed by atoms with Gasteiger partial charge in [-0.25, -0.2) is 0 Å². The number of carbonyl (C=O) groups excluding carboxylic acids is 1. The van der Waals surface area contributed by atoms with Gasteiger partial charge in [-0.05, 0) is 32.0 Å². The topological polar surface area (TPSA) is 46.9 Å². The summed E-state index contributed by atoms with van der Waals surface area (Å²) < 4.78 is 1.56. The predicted octanol–water partition coefficient (Wildman–Crippen LogP) is 4.42. The molecule has 1 aromatic carbocycles. The van der Waals surface area contributed by atoms with Gasteiger partial charge in [-0.3, -0.25) is 9.48 Å². The Bertz CT molecular complexity index is 667. The van der Waals surface area contributed by atoms with Crippen molar-refractivity contribution in [2.45, 2.75) is 20.4 Å². The quantitative estimate of drug-likeness (QED) is 0.904. The van der Waals surface area contributed by atoms with Crippen LogP contribution in [0.25, 0.3) is 0 Å². The van der Waals surface area contributed by atoms with Crippen molar-refractivity contribution < 1.29 is 4.79 Å². The molecule has 0 radical (unpaired) electrons. The summed E-state index contributed by atoms with van der Waals surface area (Å²) in [6, 6.07) is 4.86. The van der Waals surface area contributed by atoms with Crippen LogP contribution in [0.3, 0.4) is 0 Å². The van der Waals surface area contributed by atoms with Crippen LogP contribution in [0.1, 0.15) is 23.1 Å². The first kappa shape index (κ1) is 15.2. The molecule has 0 aliphatic carbocycles. The van der Waals surface area contributed by atoms with Crippen LogP contribution in [-0.2, 0) is 6.54 Å². The maximum absolute atomic E-state index is 12.3. The van der Waals surface area contributed by atoms with E-state index in [-0.39, 0.29) is 5.91 Å². The summed E-state index contributed by atoms with van der Waals surface area (Å²) in [5.74, 6) is -0.337. The van der Waals surface area contributed by atoms with Crippen LogP contribution in [0.2, 0.25) is 15.1 Å². The van der Waals surface area contributed by atoms with Crippen molar-refractivity contribution in [1.29, 1.82) is 0 Å². The number of amides is 1. The summed E-state index contributed by atoms with van der Waals surface area (Å²) in [5, 5.41) is 8.08. The number of rotatable bonds is 3. The second-order valence-electron chi connectivity index (χ2n) is 4.15. The molecule has 1 N–H and O–H groups in total. The lowest BCUT2D eigenvalue weighted by Gasteiger charge is -2.08. The molecule has 1 heterocycles. The lowest BCUT2D eigenvalue weighted by atomic mass is 10.3. The molecule has 20 heavy (non-hydrogen) atoms. The second kappa shape index (κ2) is 6.04. The minimum absolute atomic E-state index is 0.331. The van der Waals surface area contributed by atoms with E-state index >= 15 is 0 Å². The Morgan fingerprint density at radius 1 is 1.30 bits per heavy atom. The van der Waals surface area contributed by atoms with E-state index in [0.717, 1.165) is 0 Å². The van der Waals surface area contributed by atoms with Crippen LogP contribution < -0.4 is 5.32 Å². The van der Waals surface area contributed by atoms with Crippen LogP contribution in [0.4, 0.5) is 5.69 Å². The third-order valence-electron chi connectivity index (χ3n) is 2.75. The molecule has 0 saturated carbocycles. The average Bonchev–Trinajstić information content (AvgIpc) is 2.69. The minimum atomic E-state index is -0.337. The zero-order valence-corrected chi connectivity index (χ0v) is 13.1. The summed E-state index contributed by atoms with van der Waals surface area (Å²) in [4.78, 5) is 12.3. The third kappa shape index (κ3) is 2.92. The van der Waals surface area contributed by atoms with Gasteiger partial charge in [0.1, 0.15) is 5.69 Å². The summed E-state index contributed by atoms with van der Waals surface area (Å²) in [7, 11) is 0. The molecule has 1 aromatic heterocycles. The van der Waals surface area contributed by atoms with Gasteiger partial charge < -0.3 is 5.32 Å². The number of halogens is 3. The van der Waals surface area contributed by atoms with E-state index in [4.69, 9.17) is 34.8 Å². The van der Waals surface area contributed by atoms with E-state index in [1.807, 2.05) is 6.92 Å². The maximum Gasteiger partial charge on any atom is 0.275 e. The van der Waals surface area contributed by atoms with Crippen molar-refractivity contribution in [3.8, 4) is 0 Å². The highest BCUT2D eigenvalue weighted by Crippen LogP contribution is 2.26. The first-order valence-electron chi connectivity index (χ1n) is 5.93. The van der Waals surface area contributed by atoms with Gasteiger partial charge in [0.2, 0.25) is 0 Å². The molecule has 4 nitrogen and oxygen atoms in total. The van der Waals surface area contributed by atoms with Crippen molar-refractivity contribution in [3.63, 3.8) is 0 Å². The molecule has 7 heteroatoms. The molecular formula is C13H12Cl3N3O. The van der Waals surface area contributed by atoms with Gasteiger partial charge in [-0.2, -0.15) is 5.10 Å². The molecule has 0 spiro atoms. The van der Waals surface area contributed by atoms with Gasteiger partial charge in [0.05, 0.1) is 20.8 Å². The Labute approximate surface area is 131 Å². The van der Waals surface area contributed by atoms with Gasteiger partial charge in [0, 0.05) is 12.2 Å². The first-order chi connectivity index (χ1) is 9.43. The number of hydrogen-bond donors (Lipinski definition) is 1. The van der Waals surface area contributed by atoms with Gasteiger partial charge in [-0.15, -0.1) is 0 Å². The highest BCUT2D eigenvalue weighted by Gasteiger charge is 2.20. The normalized spacial score (nSPS) is 10.7. The Morgan fingerprint density at radius 2 is 2.00 bits per heavy atom. The van der Waals surface area contributed by atoms with E-state index in [9.17, 15) is 4.79 Å². The van der Waals surface area contributed by atoms with E-state index < -0.39 is 0 Å². The number of hydrogen-bond acceptors (Lipinski definition) is 2. The second-order valence-corrected chi connectivity index (χ2v) is 5.34. The summed E-state index contributed by atoms with van der Waals surface area (Å²) >= 11 is 17.9. The molecule has 1 amide bonds. The monoisotopic (exact) mass is 331 g/mol. The summed E-state index contributed by atoms with van der Waals surface area (Å²) in [6.07, 6.45) is 0. The molecule has 0 aliphatic rings. The van der Waals surface area contributed by atoms with E-state index in [2.05, 4.69) is 10.4 Å². The van der Waals surface area contributed by atoms with E-state index in [1.165, 1.54) is 0 Å². The van der Waals surface area contributed by atoms with Crippen LogP contribution >= 0.6 is 34.8 Å². The number of anilines is 1. The molecule has 0 bridgehead atoms. The lowest BCUT2D eigenvalue weighted by Crippen LogP contribution is -2.17. The fraction of sp³-hybridized carbons (Fsp3) is 0.231. The van der Waals surface area contributed by atoms with Crippen LogP contribution in [0.15, 0.2) is 18.2 Å². The Balaban J connectivity index is 2.30. The SMILES string of the molecule is CCn1nc(C)c(Cl)c1C(=O)Nc1ccc(Cl)c(Cl)c1. The van der Waals surface area contributed by atoms with Crippen molar-refractivity contribution in [1.82, 2.24) is 9.78 Å². The summed E-state index contributed by atoms with van der Waals surface area (Å²) in [6.45, 7) is 4.20. The summed E-state index contributed by atoms with van der Waals surface area (Å²) in [5.41, 5.74) is 1.49. The fourth-order valence-corrected chi connectivity index (χ4v) is 2.29. The molecule has 0 fully saturated rings. The van der Waals surface area contributed by atoms with Crippen molar-refractivity contribution >= 4 is 46.4 Å². The van der Waals surface area contributed by atoms with Gasteiger partial charge >= 0.3 is 0 Å². The zero-order valence-electron chi connectivity index (χ0n) is 10.9. The van der Waals surface area contributed by atoms with E-state index in [1.54, 1.807) is 29.8 Å². The number of benzene rings is 1.